The number of aromatic nitrogens is 1. The number of hydrogen-bond acceptors (Lipinski definition) is 1. The van der Waals surface area contributed by atoms with Crippen LogP contribution < -0.4 is 0 Å². The Morgan fingerprint density at radius 1 is 1.19 bits per heavy atom. The molecule has 0 atom stereocenters. The molecule has 0 fully saturated rings. The molecule has 16 heavy (non-hydrogen) atoms. The molecule has 1 aromatic heterocycles. The van der Waals surface area contributed by atoms with E-state index in [2.05, 4.69) is 41.7 Å². The Morgan fingerprint density at radius 2 is 1.88 bits per heavy atom. The normalized spacial score (nSPS) is 12.1. The number of benzene rings is 1. The average Bonchev–Trinajstić information content (AvgIpc) is 2.22. The van der Waals surface area contributed by atoms with Crippen LogP contribution in [0.15, 0.2) is 28.9 Å². The molecule has 0 unspecified atom stereocenters. The Bertz CT molecular complexity index is 543. The van der Waals surface area contributed by atoms with Crippen molar-refractivity contribution in [2.24, 2.45) is 0 Å². The summed E-state index contributed by atoms with van der Waals surface area (Å²) in [7, 11) is 0. The van der Waals surface area contributed by atoms with Gasteiger partial charge in [0.2, 0.25) is 0 Å². The van der Waals surface area contributed by atoms with E-state index in [1.54, 1.807) is 12.3 Å². The Balaban J connectivity index is 2.76. The van der Waals surface area contributed by atoms with Crippen molar-refractivity contribution in [3.63, 3.8) is 0 Å². The predicted octanol–water partition coefficient (Wildman–Crippen LogP) is 4.43. The summed E-state index contributed by atoms with van der Waals surface area (Å²) >= 11 is 3.40. The topological polar surface area (TPSA) is 12.9 Å². The summed E-state index contributed by atoms with van der Waals surface area (Å²) in [5, 5.41) is 1.43. The highest BCUT2D eigenvalue weighted by molar-refractivity contribution is 9.10. The molecule has 0 bridgehead atoms. The summed E-state index contributed by atoms with van der Waals surface area (Å²) in [6, 6.07) is 5.00. The maximum atomic E-state index is 13.7. The van der Waals surface area contributed by atoms with Crippen LogP contribution in [0, 0.1) is 5.82 Å². The Labute approximate surface area is 103 Å². The number of pyridine rings is 1. The van der Waals surface area contributed by atoms with Gasteiger partial charge >= 0.3 is 0 Å². The first-order chi connectivity index (χ1) is 7.39. The fourth-order valence-electron chi connectivity index (χ4n) is 1.58. The van der Waals surface area contributed by atoms with Crippen LogP contribution in [0.3, 0.4) is 0 Å². The highest BCUT2D eigenvalue weighted by atomic mass is 79.9. The maximum absolute atomic E-state index is 13.7. The molecule has 0 aliphatic heterocycles. The molecule has 0 amide bonds. The van der Waals surface area contributed by atoms with E-state index >= 15 is 0 Å². The van der Waals surface area contributed by atoms with Crippen LogP contribution in [0.1, 0.15) is 26.5 Å². The molecule has 1 nitrogen and oxygen atoms in total. The number of rotatable bonds is 0. The Kier molecular flexibility index (Phi) is 2.74. The molecule has 0 radical (unpaired) electrons. The van der Waals surface area contributed by atoms with Gasteiger partial charge in [-0.1, -0.05) is 36.7 Å². The second-order valence-corrected chi connectivity index (χ2v) is 5.75. The molecule has 0 spiro atoms. The van der Waals surface area contributed by atoms with Gasteiger partial charge in [-0.2, -0.15) is 0 Å². The minimum atomic E-state index is -0.203. The van der Waals surface area contributed by atoms with Gasteiger partial charge < -0.3 is 0 Å². The van der Waals surface area contributed by atoms with E-state index in [1.807, 2.05) is 6.07 Å². The van der Waals surface area contributed by atoms with Gasteiger partial charge in [-0.3, -0.25) is 4.98 Å². The van der Waals surface area contributed by atoms with Crippen LogP contribution in [0.2, 0.25) is 0 Å². The largest absolute Gasteiger partial charge is 0.260 e. The average molecular weight is 282 g/mol. The Hall–Kier alpha value is -0.960. The lowest BCUT2D eigenvalue weighted by Gasteiger charge is -2.18. The fraction of sp³-hybridized carbons (Fsp3) is 0.308. The van der Waals surface area contributed by atoms with Crippen molar-refractivity contribution < 1.29 is 4.39 Å². The first-order valence-electron chi connectivity index (χ1n) is 5.14. The fourth-order valence-corrected chi connectivity index (χ4v) is 2.03. The lowest BCUT2D eigenvalue weighted by atomic mass is 9.90. The zero-order valence-electron chi connectivity index (χ0n) is 9.51. The van der Waals surface area contributed by atoms with Crippen molar-refractivity contribution in [3.05, 3.63) is 40.4 Å². The molecule has 2 rings (SSSR count). The molecule has 0 saturated heterocycles. The van der Waals surface area contributed by atoms with E-state index in [4.69, 9.17) is 0 Å². The Morgan fingerprint density at radius 3 is 2.50 bits per heavy atom. The van der Waals surface area contributed by atoms with Crippen molar-refractivity contribution in [2.75, 3.05) is 0 Å². The standard InChI is InChI=1S/C13H13BrFN/c1-13(2,3)12-6-8-9(7-16-12)10(14)4-5-11(8)15/h4-7H,1-3H3. The van der Waals surface area contributed by atoms with Gasteiger partial charge in [0.05, 0.1) is 0 Å². The third kappa shape index (κ3) is 1.96. The van der Waals surface area contributed by atoms with Gasteiger partial charge in [-0.15, -0.1) is 0 Å². The second kappa shape index (κ2) is 3.81. The van der Waals surface area contributed by atoms with Gasteiger partial charge in [0.15, 0.2) is 0 Å². The quantitative estimate of drug-likeness (QED) is 0.696. The summed E-state index contributed by atoms with van der Waals surface area (Å²) < 4.78 is 14.6. The maximum Gasteiger partial charge on any atom is 0.131 e. The number of halogens is 2. The molecule has 3 heteroatoms. The first kappa shape index (κ1) is 11.5. The zero-order valence-corrected chi connectivity index (χ0v) is 11.1. The molecular formula is C13H13BrFN. The third-order valence-electron chi connectivity index (χ3n) is 2.56. The number of fused-ring (bicyclic) bond motifs is 1. The molecular weight excluding hydrogens is 269 g/mol. The minimum Gasteiger partial charge on any atom is -0.260 e. The first-order valence-corrected chi connectivity index (χ1v) is 5.93. The molecule has 1 aromatic carbocycles. The third-order valence-corrected chi connectivity index (χ3v) is 3.25. The van der Waals surface area contributed by atoms with Crippen LogP contribution in [0.25, 0.3) is 10.8 Å². The van der Waals surface area contributed by atoms with E-state index in [1.165, 1.54) is 6.07 Å². The molecule has 0 aliphatic rings. The van der Waals surface area contributed by atoms with Gasteiger partial charge in [-0.25, -0.2) is 4.39 Å². The SMILES string of the molecule is CC(C)(C)c1cc2c(F)ccc(Br)c2cn1. The van der Waals surface area contributed by atoms with Gasteiger partial charge in [0.1, 0.15) is 5.82 Å². The molecule has 1 heterocycles. The molecule has 0 N–H and O–H groups in total. The number of hydrogen-bond donors (Lipinski definition) is 0. The highest BCUT2D eigenvalue weighted by Crippen LogP contribution is 2.29. The number of nitrogens with zero attached hydrogens (tertiary/aromatic N) is 1. The minimum absolute atomic E-state index is 0.0665. The van der Waals surface area contributed by atoms with Crippen molar-refractivity contribution in [3.8, 4) is 0 Å². The summed E-state index contributed by atoms with van der Waals surface area (Å²) in [4.78, 5) is 4.38. The lowest BCUT2D eigenvalue weighted by Crippen LogP contribution is -2.13. The van der Waals surface area contributed by atoms with E-state index in [9.17, 15) is 4.39 Å². The molecule has 2 aromatic rings. The zero-order chi connectivity index (χ0) is 11.9. The van der Waals surface area contributed by atoms with Crippen LogP contribution >= 0.6 is 15.9 Å². The van der Waals surface area contributed by atoms with Crippen LogP contribution in [0.4, 0.5) is 4.39 Å². The van der Waals surface area contributed by atoms with Crippen LogP contribution in [0.5, 0.6) is 0 Å². The lowest BCUT2D eigenvalue weighted by molar-refractivity contribution is 0.569. The van der Waals surface area contributed by atoms with Crippen molar-refractivity contribution >= 4 is 26.7 Å². The summed E-state index contributed by atoms with van der Waals surface area (Å²) in [6.07, 6.45) is 1.73. The predicted molar refractivity (Wildman–Crippen MR) is 68.1 cm³/mol. The summed E-state index contributed by atoms with van der Waals surface area (Å²) in [5.74, 6) is -0.203. The van der Waals surface area contributed by atoms with Crippen molar-refractivity contribution in [1.29, 1.82) is 0 Å². The molecule has 84 valence electrons. The summed E-state index contributed by atoms with van der Waals surface area (Å²) in [5.41, 5.74) is 0.833. The van der Waals surface area contributed by atoms with Gasteiger partial charge in [0.25, 0.3) is 0 Å². The van der Waals surface area contributed by atoms with Gasteiger partial charge in [-0.05, 0) is 18.2 Å². The van der Waals surface area contributed by atoms with E-state index in [0.717, 1.165) is 15.6 Å². The van der Waals surface area contributed by atoms with E-state index < -0.39 is 0 Å². The van der Waals surface area contributed by atoms with E-state index in [-0.39, 0.29) is 11.2 Å². The van der Waals surface area contributed by atoms with Crippen molar-refractivity contribution in [2.45, 2.75) is 26.2 Å². The smallest absolute Gasteiger partial charge is 0.131 e. The second-order valence-electron chi connectivity index (χ2n) is 4.89. The highest BCUT2D eigenvalue weighted by Gasteiger charge is 2.17. The molecule has 0 saturated carbocycles. The summed E-state index contributed by atoms with van der Waals surface area (Å²) in [6.45, 7) is 6.20. The van der Waals surface area contributed by atoms with E-state index in [0.29, 0.717) is 5.39 Å². The van der Waals surface area contributed by atoms with Crippen LogP contribution in [-0.2, 0) is 5.41 Å². The molecule has 0 aliphatic carbocycles. The van der Waals surface area contributed by atoms with Crippen molar-refractivity contribution in [1.82, 2.24) is 4.98 Å². The van der Waals surface area contributed by atoms with Gasteiger partial charge in [0, 0.05) is 32.6 Å². The monoisotopic (exact) mass is 281 g/mol. The van der Waals surface area contributed by atoms with Crippen LogP contribution in [-0.4, -0.2) is 4.98 Å².